The van der Waals surface area contributed by atoms with Crippen molar-refractivity contribution in [1.82, 2.24) is 5.01 Å². The highest BCUT2D eigenvalue weighted by molar-refractivity contribution is 6.46. The van der Waals surface area contributed by atoms with Crippen molar-refractivity contribution >= 4 is 13.1 Å². The average molecular weight is 272 g/mol. The molecule has 0 aromatic heterocycles. The third kappa shape index (κ3) is 4.29. The molecule has 0 atom stereocenters. The highest BCUT2D eigenvalue weighted by Crippen LogP contribution is 2.41. The largest absolute Gasteiger partial charge is 0.386 e. The number of hydrazone groups is 1. The second-order valence-corrected chi connectivity index (χ2v) is 7.08. The minimum atomic E-state index is 0.230. The van der Waals surface area contributed by atoms with Crippen molar-refractivity contribution in [3.05, 3.63) is 36.1 Å². The van der Waals surface area contributed by atoms with Crippen LogP contribution in [0.3, 0.4) is 0 Å². The van der Waals surface area contributed by atoms with Crippen LogP contribution in [0, 0.1) is 10.8 Å². The number of nitrogens with zero attached hydrogens (tertiary/aromatic N) is 2. The van der Waals surface area contributed by atoms with E-state index < -0.39 is 0 Å². The predicted molar refractivity (Wildman–Crippen MR) is 89.3 cm³/mol. The summed E-state index contributed by atoms with van der Waals surface area (Å²) in [6.45, 7) is 17.2. The summed E-state index contributed by atoms with van der Waals surface area (Å²) >= 11 is 0. The van der Waals surface area contributed by atoms with Crippen LogP contribution in [0.15, 0.2) is 41.2 Å². The number of hydrogen-bond donors (Lipinski definition) is 1. The molecule has 1 aliphatic rings. The van der Waals surface area contributed by atoms with Gasteiger partial charge in [-0.2, -0.15) is 5.10 Å². The summed E-state index contributed by atoms with van der Waals surface area (Å²) in [5, 5.41) is 5.97. The second-order valence-electron chi connectivity index (χ2n) is 7.08. The molecule has 2 N–H and O–H groups in total. The Morgan fingerprint density at radius 3 is 2.40 bits per heavy atom. The zero-order chi connectivity index (χ0) is 15.6. The highest BCUT2D eigenvalue weighted by atomic mass is 15.5. The van der Waals surface area contributed by atoms with Crippen molar-refractivity contribution in [3.63, 3.8) is 0 Å². The van der Waals surface area contributed by atoms with E-state index >= 15 is 0 Å². The lowest BCUT2D eigenvalue weighted by Crippen LogP contribution is -2.31. The molecule has 0 amide bonds. The fourth-order valence-corrected chi connectivity index (χ4v) is 1.60. The van der Waals surface area contributed by atoms with Crippen LogP contribution < -0.4 is 5.73 Å². The molecule has 109 valence electrons. The number of rotatable bonds is 4. The molecule has 1 aliphatic heterocycles. The van der Waals surface area contributed by atoms with Crippen LogP contribution in [-0.2, 0) is 0 Å². The van der Waals surface area contributed by atoms with Crippen LogP contribution in [0.4, 0.5) is 0 Å². The van der Waals surface area contributed by atoms with Crippen LogP contribution in [0.25, 0.3) is 0 Å². The fraction of sp³-hybridized carbons (Fsp3) is 0.562. The van der Waals surface area contributed by atoms with Crippen molar-refractivity contribution in [3.8, 4) is 0 Å². The summed E-state index contributed by atoms with van der Waals surface area (Å²) in [5.41, 5.74) is 8.09. The van der Waals surface area contributed by atoms with Crippen molar-refractivity contribution in [2.24, 2.45) is 21.7 Å². The lowest BCUT2D eigenvalue weighted by Gasteiger charge is -2.39. The van der Waals surface area contributed by atoms with Gasteiger partial charge in [0.25, 0.3) is 0 Å². The first-order valence-electron chi connectivity index (χ1n) is 7.05. The normalized spacial score (nSPS) is 17.3. The third-order valence-electron chi connectivity index (χ3n) is 4.18. The van der Waals surface area contributed by atoms with E-state index in [0.717, 1.165) is 17.5 Å². The quantitative estimate of drug-likeness (QED) is 0.481. The second kappa shape index (κ2) is 5.90. The Kier molecular flexibility index (Phi) is 4.90. The Morgan fingerprint density at radius 2 is 1.90 bits per heavy atom. The van der Waals surface area contributed by atoms with Gasteiger partial charge in [-0.1, -0.05) is 59.1 Å². The molecule has 3 nitrogen and oxygen atoms in total. The van der Waals surface area contributed by atoms with E-state index in [1.54, 1.807) is 11.9 Å². The molecule has 20 heavy (non-hydrogen) atoms. The topological polar surface area (TPSA) is 41.6 Å². The molecule has 0 aliphatic carbocycles. The zero-order valence-electron chi connectivity index (χ0n) is 13.7. The van der Waals surface area contributed by atoms with Gasteiger partial charge in [0.15, 0.2) is 7.28 Å². The van der Waals surface area contributed by atoms with Gasteiger partial charge < -0.3 is 5.73 Å². The molecule has 0 saturated carbocycles. The van der Waals surface area contributed by atoms with Crippen LogP contribution >= 0.6 is 0 Å². The van der Waals surface area contributed by atoms with Gasteiger partial charge in [-0.3, -0.25) is 0 Å². The molecule has 0 aromatic carbocycles. The van der Waals surface area contributed by atoms with E-state index in [4.69, 9.17) is 5.73 Å². The summed E-state index contributed by atoms with van der Waals surface area (Å²) in [5.74, 6) is 0.520. The summed E-state index contributed by atoms with van der Waals surface area (Å²) in [4.78, 5) is 0. The van der Waals surface area contributed by atoms with Gasteiger partial charge in [0.2, 0.25) is 0 Å². The summed E-state index contributed by atoms with van der Waals surface area (Å²) in [7, 11) is 2.25. The van der Waals surface area contributed by atoms with Gasteiger partial charge >= 0.3 is 0 Å². The first kappa shape index (κ1) is 16.6. The smallest absolute Gasteiger partial charge is 0.154 e. The first-order valence-corrected chi connectivity index (χ1v) is 7.05. The molecule has 0 bridgehead atoms. The molecule has 0 aromatic rings. The van der Waals surface area contributed by atoms with E-state index in [1.165, 1.54) is 0 Å². The monoisotopic (exact) mass is 272 g/mol. The van der Waals surface area contributed by atoms with Gasteiger partial charge in [-0.15, -0.1) is 0 Å². The van der Waals surface area contributed by atoms with Crippen molar-refractivity contribution < 1.29 is 0 Å². The first-order chi connectivity index (χ1) is 9.03. The number of allylic oxidation sites excluding steroid dienone is 3. The lowest BCUT2D eigenvalue weighted by molar-refractivity contribution is 0.156. The van der Waals surface area contributed by atoms with Gasteiger partial charge in [0.1, 0.15) is 5.84 Å². The minimum Gasteiger partial charge on any atom is -0.386 e. The minimum absolute atomic E-state index is 0.230. The number of nitrogens with two attached hydrogens (primary N) is 1. The molecule has 1 radical (unpaired) electrons. The maximum atomic E-state index is 5.63. The lowest BCUT2D eigenvalue weighted by atomic mass is 9.53. The average Bonchev–Trinajstić information content (AvgIpc) is 2.28. The Bertz CT molecular complexity index is 461. The maximum absolute atomic E-state index is 5.63. The van der Waals surface area contributed by atoms with Crippen LogP contribution in [-0.4, -0.2) is 18.1 Å². The molecule has 0 unspecified atom stereocenters. The third-order valence-corrected chi connectivity index (χ3v) is 4.18. The van der Waals surface area contributed by atoms with Crippen molar-refractivity contribution in [2.45, 2.75) is 47.9 Å². The Morgan fingerprint density at radius 1 is 1.30 bits per heavy atom. The highest BCUT2D eigenvalue weighted by Gasteiger charge is 2.32. The van der Waals surface area contributed by atoms with Gasteiger partial charge in [-0.05, 0) is 23.8 Å². The van der Waals surface area contributed by atoms with E-state index in [1.807, 2.05) is 12.3 Å². The molecule has 4 heteroatoms. The van der Waals surface area contributed by atoms with Crippen LogP contribution in [0.5, 0.6) is 0 Å². The molecule has 1 heterocycles. The zero-order valence-corrected chi connectivity index (χ0v) is 13.7. The SMILES string of the molecule is C=C1C=CC([B]CC(C)(C)C(C)(C)C)=CN1/N=C(\C)N. The van der Waals surface area contributed by atoms with Gasteiger partial charge in [0, 0.05) is 6.20 Å². The standard InChI is InChI=1S/C16H27BN3/c1-12-8-9-14(10-20(12)19-13(2)18)17-11-16(6,7)15(3,4)5/h8-10H,1,11H2,2-7H3,(H2,18,19). The van der Waals surface area contributed by atoms with Crippen LogP contribution in [0.1, 0.15) is 41.5 Å². The Hall–Kier alpha value is -1.45. The Labute approximate surface area is 124 Å². The predicted octanol–water partition coefficient (Wildman–Crippen LogP) is 3.70. The van der Waals surface area contributed by atoms with Gasteiger partial charge in [0.05, 0.1) is 5.70 Å². The molecule has 0 spiro atoms. The summed E-state index contributed by atoms with van der Waals surface area (Å²) in [6.07, 6.45) is 7.01. The molecular weight excluding hydrogens is 245 g/mol. The number of amidine groups is 1. The van der Waals surface area contributed by atoms with Crippen molar-refractivity contribution in [2.75, 3.05) is 0 Å². The van der Waals surface area contributed by atoms with Gasteiger partial charge in [-0.25, -0.2) is 5.01 Å². The maximum Gasteiger partial charge on any atom is 0.154 e. The summed E-state index contributed by atoms with van der Waals surface area (Å²) in [6, 6.07) is 0. The summed E-state index contributed by atoms with van der Waals surface area (Å²) < 4.78 is 0. The molecule has 0 saturated heterocycles. The molecule has 0 fully saturated rings. The van der Waals surface area contributed by atoms with E-state index in [0.29, 0.717) is 5.84 Å². The molecule has 1 rings (SSSR count). The van der Waals surface area contributed by atoms with Crippen LogP contribution in [0.2, 0.25) is 6.32 Å². The van der Waals surface area contributed by atoms with E-state index in [-0.39, 0.29) is 10.8 Å². The molecular formula is C16H27BN3. The fourth-order valence-electron chi connectivity index (χ4n) is 1.60. The van der Waals surface area contributed by atoms with E-state index in [2.05, 4.69) is 59.7 Å². The Balaban J connectivity index is 2.76. The van der Waals surface area contributed by atoms with Crippen molar-refractivity contribution in [1.29, 1.82) is 0 Å². The van der Waals surface area contributed by atoms with E-state index in [9.17, 15) is 0 Å². The number of hydrogen-bond acceptors (Lipinski definition) is 2.